The number of fused-ring (bicyclic) bond motifs is 1. The largest absolute Gasteiger partial charge is 0.347 e. The third-order valence-electron chi connectivity index (χ3n) is 3.51. The summed E-state index contributed by atoms with van der Waals surface area (Å²) < 4.78 is 2.29. The van der Waals surface area contributed by atoms with Crippen LogP contribution in [0.15, 0.2) is 55.0 Å². The van der Waals surface area contributed by atoms with Gasteiger partial charge in [-0.05, 0) is 41.8 Å². The van der Waals surface area contributed by atoms with Crippen LogP contribution in [0.2, 0.25) is 0 Å². The van der Waals surface area contributed by atoms with Crippen molar-refractivity contribution in [3.05, 3.63) is 66.1 Å². The molecule has 3 nitrogen and oxygen atoms in total. The molecule has 0 bridgehead atoms. The zero-order chi connectivity index (χ0) is 13.1. The molecule has 0 aliphatic rings. The topological polar surface area (TPSA) is 43.8 Å². The van der Waals surface area contributed by atoms with Gasteiger partial charge in [-0.15, -0.1) is 0 Å². The molecule has 0 aliphatic carbocycles. The van der Waals surface area contributed by atoms with E-state index >= 15 is 0 Å². The van der Waals surface area contributed by atoms with Gasteiger partial charge in [0.05, 0.1) is 0 Å². The van der Waals surface area contributed by atoms with Gasteiger partial charge >= 0.3 is 0 Å². The molecule has 0 amide bonds. The molecule has 0 saturated heterocycles. The molecule has 0 aliphatic heterocycles. The molecule has 3 aromatic rings. The van der Waals surface area contributed by atoms with Crippen molar-refractivity contribution in [3.63, 3.8) is 0 Å². The molecule has 19 heavy (non-hydrogen) atoms. The van der Waals surface area contributed by atoms with Gasteiger partial charge < -0.3 is 10.3 Å². The van der Waals surface area contributed by atoms with E-state index in [9.17, 15) is 0 Å². The van der Waals surface area contributed by atoms with Crippen LogP contribution >= 0.6 is 0 Å². The molecule has 96 valence electrons. The summed E-state index contributed by atoms with van der Waals surface area (Å²) in [4.78, 5) is 4.04. The minimum atomic E-state index is 0.589. The van der Waals surface area contributed by atoms with E-state index in [-0.39, 0.29) is 0 Å². The Morgan fingerprint density at radius 2 is 1.89 bits per heavy atom. The number of aryl methyl sites for hydroxylation is 2. The second-order valence-corrected chi connectivity index (χ2v) is 4.67. The van der Waals surface area contributed by atoms with Crippen LogP contribution in [0.25, 0.3) is 10.9 Å². The summed E-state index contributed by atoms with van der Waals surface area (Å²) >= 11 is 0. The maximum absolute atomic E-state index is 5.77. The predicted molar refractivity (Wildman–Crippen MR) is 77.8 cm³/mol. The summed E-state index contributed by atoms with van der Waals surface area (Å²) in [5, 5.41) is 1.26. The number of hydrogen-bond acceptors (Lipinski definition) is 2. The molecule has 0 atom stereocenters. The Morgan fingerprint density at radius 3 is 2.68 bits per heavy atom. The van der Waals surface area contributed by atoms with E-state index in [1.165, 1.54) is 22.0 Å². The van der Waals surface area contributed by atoms with E-state index < -0.39 is 0 Å². The van der Waals surface area contributed by atoms with E-state index in [1.807, 2.05) is 12.4 Å². The molecule has 3 heteroatoms. The van der Waals surface area contributed by atoms with Gasteiger partial charge in [0.15, 0.2) is 0 Å². The van der Waals surface area contributed by atoms with Crippen molar-refractivity contribution >= 4 is 10.9 Å². The molecule has 0 saturated carbocycles. The third-order valence-corrected chi connectivity index (χ3v) is 3.51. The standard InChI is InChI=1S/C16H17N3/c17-12-14-2-1-3-16-15(14)7-11-19(16)10-6-13-4-8-18-9-5-13/h1-5,7-9,11H,6,10,12,17H2. The first-order valence-electron chi connectivity index (χ1n) is 6.54. The summed E-state index contributed by atoms with van der Waals surface area (Å²) in [6.45, 7) is 1.56. The van der Waals surface area contributed by atoms with Crippen LogP contribution in [-0.4, -0.2) is 9.55 Å². The number of pyridine rings is 1. The lowest BCUT2D eigenvalue weighted by atomic mass is 10.1. The molecule has 2 N–H and O–H groups in total. The van der Waals surface area contributed by atoms with Gasteiger partial charge in [-0.2, -0.15) is 0 Å². The molecule has 2 aromatic heterocycles. The quantitative estimate of drug-likeness (QED) is 0.775. The SMILES string of the molecule is NCc1cccc2c1ccn2CCc1ccncc1. The van der Waals surface area contributed by atoms with Gasteiger partial charge in [0, 0.05) is 42.6 Å². The maximum Gasteiger partial charge on any atom is 0.0483 e. The highest BCUT2D eigenvalue weighted by molar-refractivity contribution is 5.83. The Labute approximate surface area is 112 Å². The van der Waals surface area contributed by atoms with Gasteiger partial charge in [-0.1, -0.05) is 12.1 Å². The fourth-order valence-electron chi connectivity index (χ4n) is 2.46. The van der Waals surface area contributed by atoms with E-state index in [1.54, 1.807) is 0 Å². The first kappa shape index (κ1) is 11.9. The summed E-state index contributed by atoms with van der Waals surface area (Å²) in [6.07, 6.45) is 6.84. The highest BCUT2D eigenvalue weighted by atomic mass is 14.9. The molecule has 0 unspecified atom stereocenters. The summed E-state index contributed by atoms with van der Waals surface area (Å²) in [6, 6.07) is 12.6. The van der Waals surface area contributed by atoms with Gasteiger partial charge in [0.2, 0.25) is 0 Å². The van der Waals surface area contributed by atoms with Crippen LogP contribution in [-0.2, 0) is 19.5 Å². The van der Waals surface area contributed by atoms with Gasteiger partial charge in [-0.25, -0.2) is 0 Å². The van der Waals surface area contributed by atoms with E-state index in [2.05, 4.69) is 52.1 Å². The lowest BCUT2D eigenvalue weighted by Gasteiger charge is -2.06. The monoisotopic (exact) mass is 251 g/mol. The van der Waals surface area contributed by atoms with Crippen LogP contribution in [0.4, 0.5) is 0 Å². The number of rotatable bonds is 4. The van der Waals surface area contributed by atoms with Crippen molar-refractivity contribution in [1.82, 2.24) is 9.55 Å². The van der Waals surface area contributed by atoms with Crippen molar-refractivity contribution in [2.24, 2.45) is 5.73 Å². The Kier molecular flexibility index (Phi) is 3.29. The van der Waals surface area contributed by atoms with Crippen LogP contribution in [0, 0.1) is 0 Å². The average Bonchev–Trinajstić information content (AvgIpc) is 2.89. The van der Waals surface area contributed by atoms with Crippen LogP contribution in [0.5, 0.6) is 0 Å². The van der Waals surface area contributed by atoms with Crippen LogP contribution in [0.3, 0.4) is 0 Å². The van der Waals surface area contributed by atoms with Crippen molar-refractivity contribution in [3.8, 4) is 0 Å². The van der Waals surface area contributed by atoms with Crippen molar-refractivity contribution in [2.75, 3.05) is 0 Å². The number of benzene rings is 1. The number of nitrogens with zero attached hydrogens (tertiary/aromatic N) is 2. The van der Waals surface area contributed by atoms with Gasteiger partial charge in [-0.3, -0.25) is 4.98 Å². The van der Waals surface area contributed by atoms with E-state index in [0.717, 1.165) is 13.0 Å². The van der Waals surface area contributed by atoms with Crippen LogP contribution in [0.1, 0.15) is 11.1 Å². The predicted octanol–water partition coefficient (Wildman–Crippen LogP) is 2.74. The average molecular weight is 251 g/mol. The fraction of sp³-hybridized carbons (Fsp3) is 0.188. The smallest absolute Gasteiger partial charge is 0.0483 e. The second kappa shape index (κ2) is 5.24. The number of hydrogen-bond donors (Lipinski definition) is 1. The normalized spacial score (nSPS) is 11.0. The Balaban J connectivity index is 1.86. The Morgan fingerprint density at radius 1 is 1.05 bits per heavy atom. The molecular weight excluding hydrogens is 234 g/mol. The first-order valence-corrected chi connectivity index (χ1v) is 6.54. The zero-order valence-electron chi connectivity index (χ0n) is 10.8. The summed E-state index contributed by atoms with van der Waals surface area (Å²) in [5.74, 6) is 0. The minimum absolute atomic E-state index is 0.589. The summed E-state index contributed by atoms with van der Waals surface area (Å²) in [5.41, 5.74) is 9.56. The van der Waals surface area contributed by atoms with Gasteiger partial charge in [0.25, 0.3) is 0 Å². The van der Waals surface area contributed by atoms with Crippen molar-refractivity contribution in [2.45, 2.75) is 19.5 Å². The highest BCUT2D eigenvalue weighted by Gasteiger charge is 2.04. The summed E-state index contributed by atoms with van der Waals surface area (Å²) in [7, 11) is 0. The highest BCUT2D eigenvalue weighted by Crippen LogP contribution is 2.20. The zero-order valence-corrected chi connectivity index (χ0v) is 10.8. The molecule has 0 spiro atoms. The van der Waals surface area contributed by atoms with Gasteiger partial charge in [0.1, 0.15) is 0 Å². The minimum Gasteiger partial charge on any atom is -0.347 e. The van der Waals surface area contributed by atoms with Crippen molar-refractivity contribution in [1.29, 1.82) is 0 Å². The van der Waals surface area contributed by atoms with E-state index in [0.29, 0.717) is 6.54 Å². The Hall–Kier alpha value is -2.13. The Bertz CT molecular complexity index is 671. The molecule has 0 fully saturated rings. The molecule has 1 aromatic carbocycles. The maximum atomic E-state index is 5.77. The molecular formula is C16H17N3. The third kappa shape index (κ3) is 2.37. The second-order valence-electron chi connectivity index (χ2n) is 4.67. The fourth-order valence-corrected chi connectivity index (χ4v) is 2.46. The first-order chi connectivity index (χ1) is 9.38. The number of nitrogens with two attached hydrogens (primary N) is 1. The van der Waals surface area contributed by atoms with Crippen molar-refractivity contribution < 1.29 is 0 Å². The molecule has 0 radical (unpaired) electrons. The molecule has 2 heterocycles. The van der Waals surface area contributed by atoms with Crippen LogP contribution < -0.4 is 5.73 Å². The molecule has 3 rings (SSSR count). The lowest BCUT2D eigenvalue weighted by Crippen LogP contribution is -2.01. The van der Waals surface area contributed by atoms with E-state index in [4.69, 9.17) is 5.73 Å². The number of aromatic nitrogens is 2. The lowest BCUT2D eigenvalue weighted by molar-refractivity contribution is 0.722.